The van der Waals surface area contributed by atoms with Crippen LogP contribution in [0.3, 0.4) is 0 Å². The second-order valence-electron chi connectivity index (χ2n) is 11.8. The van der Waals surface area contributed by atoms with Crippen molar-refractivity contribution in [1.82, 2.24) is 0 Å². The molecule has 5 rings (SSSR count). The van der Waals surface area contributed by atoms with Gasteiger partial charge < -0.3 is 23.7 Å². The third-order valence-electron chi connectivity index (χ3n) is 5.14. The third-order valence-corrected chi connectivity index (χ3v) is 7.17. The molecular formula is C30H44BrClMgOSi2. The van der Waals surface area contributed by atoms with Gasteiger partial charge in [0, 0.05) is 32.2 Å². The molecule has 1 heterocycles. The molecule has 0 N–H and O–H groups in total. The Hall–Kier alpha value is -0.150. The van der Waals surface area contributed by atoms with E-state index < -0.39 is 16.1 Å². The van der Waals surface area contributed by atoms with Crippen molar-refractivity contribution in [2.45, 2.75) is 71.0 Å². The first-order chi connectivity index (χ1) is 15.9. The monoisotopic (exact) mass is 614 g/mol. The van der Waals surface area contributed by atoms with Gasteiger partial charge in [-0.1, -0.05) is 115 Å². The van der Waals surface area contributed by atoms with Crippen molar-refractivity contribution < 1.29 is 17.1 Å². The molecule has 1 aliphatic heterocycles. The first-order valence-electron chi connectivity index (χ1n) is 12.6. The van der Waals surface area contributed by atoms with E-state index in [0.29, 0.717) is 0 Å². The van der Waals surface area contributed by atoms with Crippen molar-refractivity contribution in [2.24, 2.45) is 0 Å². The van der Waals surface area contributed by atoms with Crippen LogP contribution in [-0.2, 0) is 17.6 Å². The second-order valence-corrected chi connectivity index (χ2v) is 23.4. The summed E-state index contributed by atoms with van der Waals surface area (Å²) < 4.78 is 6.23. The number of allylic oxidation sites excluding steroid dienone is 2. The number of rotatable bonds is 2. The summed E-state index contributed by atoms with van der Waals surface area (Å²) in [7, 11) is -1.79. The Morgan fingerprint density at radius 3 is 1.61 bits per heavy atom. The molecule has 0 radical (unpaired) electrons. The topological polar surface area (TPSA) is 9.23 Å². The summed E-state index contributed by atoms with van der Waals surface area (Å²) in [6.07, 6.45) is 9.39. The summed E-state index contributed by atoms with van der Waals surface area (Å²) in [5.74, 6) is 0. The number of ether oxygens (including phenoxy) is 1. The maximum absolute atomic E-state index is 4.94. The Kier molecular flexibility index (Phi) is 17.4. The minimum Gasteiger partial charge on any atom is -1.00 e. The standard InChI is InChI=1S/C13H18Si.C9H7Br.C4H8O.C4H11Si.ClH.Mg/c1-14(2,3)10-11-8-12-6-4-5-7-13(12)9-11;10-9-5-7-3-1-2-4-8(7)6-9;1-2-4-5-3-1;1-5(2,3)4;;/h4-8H,9-10H2,1-3H3;1-5H,6H2;1-4H2;1H2,2-4H3;1H;/q;;;-1;;+2/p-1. The zero-order valence-electron chi connectivity index (χ0n) is 23.3. The van der Waals surface area contributed by atoms with Gasteiger partial charge >= 0.3 is 23.1 Å². The maximum atomic E-state index is 4.94. The fraction of sp³-hybridized carbons (Fsp3) is 0.433. The predicted molar refractivity (Wildman–Crippen MR) is 168 cm³/mol. The van der Waals surface area contributed by atoms with Crippen LogP contribution < -0.4 is 12.4 Å². The van der Waals surface area contributed by atoms with Gasteiger partial charge in [-0.15, -0.1) is 8.07 Å². The zero-order chi connectivity index (χ0) is 25.2. The summed E-state index contributed by atoms with van der Waals surface area (Å²) in [6.45, 7) is 19.9. The van der Waals surface area contributed by atoms with Crippen LogP contribution in [0.2, 0.25) is 45.3 Å². The quantitative estimate of drug-likeness (QED) is 0.295. The number of hydrogen-bond acceptors (Lipinski definition) is 1. The van der Waals surface area contributed by atoms with Gasteiger partial charge in [0.1, 0.15) is 0 Å². The second kappa shape index (κ2) is 17.4. The van der Waals surface area contributed by atoms with Gasteiger partial charge in [-0.2, -0.15) is 0 Å². The Labute approximate surface area is 254 Å². The smallest absolute Gasteiger partial charge is 1.00 e. The van der Waals surface area contributed by atoms with Crippen LogP contribution in [0.15, 0.2) is 58.6 Å². The summed E-state index contributed by atoms with van der Waals surface area (Å²) in [5, 5.41) is 0. The average molecular weight is 617 g/mol. The Morgan fingerprint density at radius 2 is 1.22 bits per heavy atom. The molecular weight excluding hydrogens is 572 g/mol. The summed E-state index contributed by atoms with van der Waals surface area (Å²) >= 11 is 3.48. The third kappa shape index (κ3) is 16.0. The Bertz CT molecular complexity index is 960. The summed E-state index contributed by atoms with van der Waals surface area (Å²) in [5.41, 5.74) is 7.38. The first-order valence-corrected chi connectivity index (χ1v) is 20.8. The first kappa shape index (κ1) is 35.9. The molecule has 0 saturated carbocycles. The average Bonchev–Trinajstić information content (AvgIpc) is 3.46. The number of fused-ring (bicyclic) bond motifs is 2. The van der Waals surface area contributed by atoms with E-state index in [4.69, 9.17) is 4.74 Å². The van der Waals surface area contributed by atoms with E-state index in [1.165, 1.54) is 52.0 Å². The van der Waals surface area contributed by atoms with E-state index in [2.05, 4.69) is 122 Å². The molecule has 2 aliphatic carbocycles. The Morgan fingerprint density at radius 1 is 0.778 bits per heavy atom. The number of halogens is 2. The van der Waals surface area contributed by atoms with Crippen LogP contribution in [0.25, 0.3) is 12.2 Å². The molecule has 6 heteroatoms. The van der Waals surface area contributed by atoms with E-state index >= 15 is 0 Å². The van der Waals surface area contributed by atoms with Gasteiger partial charge in [-0.25, -0.2) is 0 Å². The van der Waals surface area contributed by atoms with Crippen LogP contribution in [-0.4, -0.2) is 52.4 Å². The molecule has 0 amide bonds. The van der Waals surface area contributed by atoms with Crippen molar-refractivity contribution in [1.29, 1.82) is 0 Å². The van der Waals surface area contributed by atoms with Crippen LogP contribution in [0.4, 0.5) is 0 Å². The van der Waals surface area contributed by atoms with Crippen LogP contribution in [0.5, 0.6) is 0 Å². The molecule has 2 aromatic carbocycles. The van der Waals surface area contributed by atoms with Gasteiger partial charge in [-0.3, -0.25) is 0 Å². The van der Waals surface area contributed by atoms with Gasteiger partial charge in [0.05, 0.1) is 0 Å². The zero-order valence-corrected chi connectivity index (χ0v) is 29.1. The van der Waals surface area contributed by atoms with Gasteiger partial charge in [0.2, 0.25) is 0 Å². The van der Waals surface area contributed by atoms with Crippen LogP contribution in [0, 0.1) is 6.55 Å². The van der Waals surface area contributed by atoms with Crippen molar-refractivity contribution >= 4 is 67.3 Å². The minimum absolute atomic E-state index is 0. The number of hydrogen-bond donors (Lipinski definition) is 0. The fourth-order valence-corrected chi connectivity index (χ4v) is 6.03. The normalized spacial score (nSPS) is 15.0. The van der Waals surface area contributed by atoms with Gasteiger partial charge in [0.15, 0.2) is 0 Å². The van der Waals surface area contributed by atoms with Crippen molar-refractivity contribution in [3.8, 4) is 0 Å². The van der Waals surface area contributed by atoms with E-state index in [1.54, 1.807) is 5.57 Å². The molecule has 0 bridgehead atoms. The summed E-state index contributed by atoms with van der Waals surface area (Å²) in [6, 6.07) is 18.6. The fourth-order valence-electron chi connectivity index (χ4n) is 3.89. The van der Waals surface area contributed by atoms with Crippen molar-refractivity contribution in [2.75, 3.05) is 13.2 Å². The molecule has 3 aliphatic rings. The molecule has 36 heavy (non-hydrogen) atoms. The largest absolute Gasteiger partial charge is 2.00 e. The molecule has 0 unspecified atom stereocenters. The Balaban J connectivity index is 0.000000488. The molecule has 0 aromatic heterocycles. The molecule has 1 nitrogen and oxygen atoms in total. The minimum atomic E-state index is -0.930. The van der Waals surface area contributed by atoms with Gasteiger partial charge in [-0.05, 0) is 53.6 Å². The SMILES string of the molecule is BrC1=Cc2ccccc2C1.C1CCOC1.C[Si](C)(C)CC1=Cc2ccccc2C1.[CH2-][Si](C)(C)C.[Cl-].[Mg+2]. The molecule has 1 saturated heterocycles. The van der Waals surface area contributed by atoms with Gasteiger partial charge in [0.25, 0.3) is 0 Å². The van der Waals surface area contributed by atoms with E-state index in [1.807, 2.05) is 0 Å². The van der Waals surface area contributed by atoms with Crippen molar-refractivity contribution in [3.63, 3.8) is 0 Å². The van der Waals surface area contributed by atoms with E-state index in [0.717, 1.165) is 19.6 Å². The van der Waals surface area contributed by atoms with E-state index in [9.17, 15) is 0 Å². The molecule has 194 valence electrons. The molecule has 2 aromatic rings. The van der Waals surface area contributed by atoms with Crippen LogP contribution in [0.1, 0.15) is 35.1 Å². The molecule has 0 atom stereocenters. The predicted octanol–water partition coefficient (Wildman–Crippen LogP) is 6.06. The van der Waals surface area contributed by atoms with Crippen molar-refractivity contribution in [3.05, 3.63) is 87.4 Å². The van der Waals surface area contributed by atoms with Crippen LogP contribution >= 0.6 is 15.9 Å². The number of benzene rings is 2. The maximum Gasteiger partial charge on any atom is 2.00 e. The van der Waals surface area contributed by atoms with E-state index in [-0.39, 0.29) is 35.5 Å². The molecule has 0 spiro atoms. The molecule has 1 fully saturated rings. The summed E-state index contributed by atoms with van der Waals surface area (Å²) in [4.78, 5) is 0.